The van der Waals surface area contributed by atoms with Gasteiger partial charge in [-0.1, -0.05) is 29.2 Å². The third-order valence-corrected chi connectivity index (χ3v) is 3.33. The summed E-state index contributed by atoms with van der Waals surface area (Å²) in [5.41, 5.74) is 0.498. The van der Waals surface area contributed by atoms with Gasteiger partial charge in [0.1, 0.15) is 5.75 Å². The van der Waals surface area contributed by atoms with Gasteiger partial charge in [-0.2, -0.15) is 0 Å². The number of carbonyl (C=O) groups is 1. The number of amides is 1. The van der Waals surface area contributed by atoms with E-state index >= 15 is 0 Å². The van der Waals surface area contributed by atoms with E-state index in [4.69, 9.17) is 9.84 Å². The van der Waals surface area contributed by atoms with Crippen molar-refractivity contribution in [1.29, 1.82) is 0 Å². The van der Waals surface area contributed by atoms with Crippen molar-refractivity contribution < 1.29 is 14.6 Å². The van der Waals surface area contributed by atoms with Crippen LogP contribution in [0.2, 0.25) is 0 Å². The second-order valence-electron chi connectivity index (χ2n) is 3.99. The summed E-state index contributed by atoms with van der Waals surface area (Å²) in [5.74, 6) is 6.05. The van der Waals surface area contributed by atoms with Crippen molar-refractivity contribution in [3.63, 3.8) is 0 Å². The third-order valence-electron chi connectivity index (χ3n) is 2.51. The molecule has 0 unspecified atom stereocenters. The van der Waals surface area contributed by atoms with Crippen LogP contribution in [0.15, 0.2) is 30.5 Å². The molecule has 0 radical (unpaired) electrons. The SMILES string of the molecule is COc1cccc(C(=O)Nc2ncc(C#CCCO)s2)c1. The standard InChI is InChI=1S/C15H14N2O3S/c1-20-12-6-4-5-11(9-12)14(19)17-15-16-10-13(21-15)7-2-3-8-18/h4-6,9-10,18H,3,8H2,1H3,(H,16,17,19). The van der Waals surface area contributed by atoms with E-state index in [0.717, 1.165) is 4.88 Å². The van der Waals surface area contributed by atoms with E-state index in [9.17, 15) is 4.79 Å². The molecule has 1 aromatic heterocycles. The number of rotatable bonds is 4. The molecule has 0 aliphatic carbocycles. The molecule has 2 aromatic rings. The van der Waals surface area contributed by atoms with Gasteiger partial charge in [-0.15, -0.1) is 0 Å². The van der Waals surface area contributed by atoms with Gasteiger partial charge < -0.3 is 9.84 Å². The van der Waals surface area contributed by atoms with Crippen molar-refractivity contribution >= 4 is 22.4 Å². The molecule has 6 heteroatoms. The highest BCUT2D eigenvalue weighted by atomic mass is 32.1. The van der Waals surface area contributed by atoms with Crippen molar-refractivity contribution in [3.05, 3.63) is 40.9 Å². The van der Waals surface area contributed by atoms with Crippen molar-refractivity contribution in [3.8, 4) is 17.6 Å². The van der Waals surface area contributed by atoms with Crippen LogP contribution in [-0.4, -0.2) is 29.7 Å². The average molecular weight is 302 g/mol. The zero-order valence-corrected chi connectivity index (χ0v) is 12.2. The predicted molar refractivity (Wildman–Crippen MR) is 81.6 cm³/mol. The Morgan fingerprint density at radius 1 is 1.52 bits per heavy atom. The lowest BCUT2D eigenvalue weighted by Gasteiger charge is -2.03. The average Bonchev–Trinajstić information content (AvgIpc) is 2.95. The van der Waals surface area contributed by atoms with E-state index in [2.05, 4.69) is 22.1 Å². The normalized spacial score (nSPS) is 9.62. The third kappa shape index (κ3) is 4.31. The van der Waals surface area contributed by atoms with Crippen LogP contribution >= 0.6 is 11.3 Å². The first-order chi connectivity index (χ1) is 10.2. The number of hydrogen-bond acceptors (Lipinski definition) is 5. The Labute approximate surface area is 126 Å². The summed E-state index contributed by atoms with van der Waals surface area (Å²) < 4.78 is 5.08. The zero-order chi connectivity index (χ0) is 15.1. The molecule has 1 amide bonds. The summed E-state index contributed by atoms with van der Waals surface area (Å²) in [6, 6.07) is 6.88. The molecule has 1 heterocycles. The van der Waals surface area contributed by atoms with Crippen LogP contribution in [-0.2, 0) is 0 Å². The number of aromatic nitrogens is 1. The van der Waals surface area contributed by atoms with Gasteiger partial charge in [-0.3, -0.25) is 10.1 Å². The molecule has 1 aromatic carbocycles. The highest BCUT2D eigenvalue weighted by Crippen LogP contribution is 2.19. The second kappa shape index (κ2) is 7.43. The molecular formula is C15H14N2O3S. The first-order valence-corrected chi connectivity index (χ1v) is 7.05. The number of carbonyl (C=O) groups excluding carboxylic acids is 1. The zero-order valence-electron chi connectivity index (χ0n) is 11.4. The second-order valence-corrected chi connectivity index (χ2v) is 5.02. The molecule has 21 heavy (non-hydrogen) atoms. The molecule has 2 N–H and O–H groups in total. The Hall–Kier alpha value is -2.36. The largest absolute Gasteiger partial charge is 0.497 e. The Morgan fingerprint density at radius 2 is 2.38 bits per heavy atom. The molecule has 0 aliphatic rings. The fourth-order valence-electron chi connectivity index (χ4n) is 1.53. The highest BCUT2D eigenvalue weighted by Gasteiger charge is 2.09. The van der Waals surface area contributed by atoms with Gasteiger partial charge in [-0.25, -0.2) is 4.98 Å². The van der Waals surface area contributed by atoms with Crippen LogP contribution in [0.4, 0.5) is 5.13 Å². The summed E-state index contributed by atoms with van der Waals surface area (Å²) in [4.78, 5) is 16.9. The van der Waals surface area contributed by atoms with Gasteiger partial charge in [-0.05, 0) is 18.2 Å². The number of methoxy groups -OCH3 is 1. The maximum Gasteiger partial charge on any atom is 0.257 e. The fourth-order valence-corrected chi connectivity index (χ4v) is 2.21. The summed E-state index contributed by atoms with van der Waals surface area (Å²) in [7, 11) is 1.55. The number of hydrogen-bond donors (Lipinski definition) is 2. The van der Waals surface area contributed by atoms with Crippen LogP contribution in [0, 0.1) is 11.8 Å². The van der Waals surface area contributed by atoms with E-state index in [0.29, 0.717) is 22.9 Å². The van der Waals surface area contributed by atoms with Crippen molar-refractivity contribution in [2.45, 2.75) is 6.42 Å². The lowest BCUT2D eigenvalue weighted by Crippen LogP contribution is -2.11. The number of thiazole rings is 1. The van der Waals surface area contributed by atoms with E-state index in [-0.39, 0.29) is 12.5 Å². The summed E-state index contributed by atoms with van der Waals surface area (Å²) >= 11 is 1.29. The molecule has 2 rings (SSSR count). The van der Waals surface area contributed by atoms with Gasteiger partial charge in [0.05, 0.1) is 24.8 Å². The molecule has 0 fully saturated rings. The minimum atomic E-state index is -0.252. The van der Waals surface area contributed by atoms with Gasteiger partial charge in [0.15, 0.2) is 5.13 Å². The Morgan fingerprint density at radius 3 is 3.14 bits per heavy atom. The van der Waals surface area contributed by atoms with Gasteiger partial charge in [0.25, 0.3) is 5.91 Å². The molecule has 5 nitrogen and oxygen atoms in total. The number of ether oxygens (including phenoxy) is 1. The minimum Gasteiger partial charge on any atom is -0.497 e. The van der Waals surface area contributed by atoms with Crippen LogP contribution in [0.25, 0.3) is 0 Å². The lowest BCUT2D eigenvalue weighted by molar-refractivity contribution is 0.102. The lowest BCUT2D eigenvalue weighted by atomic mass is 10.2. The fraction of sp³-hybridized carbons (Fsp3) is 0.200. The topological polar surface area (TPSA) is 71.5 Å². The van der Waals surface area contributed by atoms with Crippen molar-refractivity contribution in [1.82, 2.24) is 4.98 Å². The van der Waals surface area contributed by atoms with E-state index in [1.54, 1.807) is 37.6 Å². The number of anilines is 1. The monoisotopic (exact) mass is 302 g/mol. The summed E-state index contributed by atoms with van der Waals surface area (Å²) in [6.45, 7) is 0.0330. The molecule has 108 valence electrons. The van der Waals surface area contributed by atoms with E-state index in [1.807, 2.05) is 0 Å². The number of aliphatic hydroxyl groups excluding tert-OH is 1. The van der Waals surface area contributed by atoms with E-state index < -0.39 is 0 Å². The molecule has 0 bridgehead atoms. The smallest absolute Gasteiger partial charge is 0.257 e. The van der Waals surface area contributed by atoms with Crippen LogP contribution < -0.4 is 10.1 Å². The molecule has 0 atom stereocenters. The van der Waals surface area contributed by atoms with Gasteiger partial charge in [0.2, 0.25) is 0 Å². The Bertz CT molecular complexity index is 685. The maximum atomic E-state index is 12.1. The summed E-state index contributed by atoms with van der Waals surface area (Å²) in [5, 5.41) is 11.9. The molecule has 0 spiro atoms. The quantitative estimate of drug-likeness (QED) is 0.849. The van der Waals surface area contributed by atoms with Gasteiger partial charge >= 0.3 is 0 Å². The van der Waals surface area contributed by atoms with Crippen molar-refractivity contribution in [2.75, 3.05) is 19.0 Å². The Kier molecular flexibility index (Phi) is 5.32. The number of benzene rings is 1. The minimum absolute atomic E-state index is 0.0330. The van der Waals surface area contributed by atoms with Crippen LogP contribution in [0.5, 0.6) is 5.75 Å². The molecule has 0 aliphatic heterocycles. The number of nitrogens with zero attached hydrogens (tertiary/aromatic N) is 1. The molecule has 0 saturated heterocycles. The number of nitrogens with one attached hydrogen (secondary N) is 1. The Balaban J connectivity index is 2.04. The first-order valence-electron chi connectivity index (χ1n) is 6.24. The van der Waals surface area contributed by atoms with Gasteiger partial charge in [0, 0.05) is 12.0 Å². The van der Waals surface area contributed by atoms with Crippen LogP contribution in [0.1, 0.15) is 21.7 Å². The van der Waals surface area contributed by atoms with E-state index in [1.165, 1.54) is 11.3 Å². The predicted octanol–water partition coefficient (Wildman–Crippen LogP) is 2.14. The highest BCUT2D eigenvalue weighted by molar-refractivity contribution is 7.16. The molecule has 0 saturated carbocycles. The molecular weight excluding hydrogens is 288 g/mol. The van der Waals surface area contributed by atoms with Crippen LogP contribution in [0.3, 0.4) is 0 Å². The number of aliphatic hydroxyl groups is 1. The summed E-state index contributed by atoms with van der Waals surface area (Å²) in [6.07, 6.45) is 2.01. The first kappa shape index (κ1) is 15.0. The van der Waals surface area contributed by atoms with Crippen molar-refractivity contribution in [2.24, 2.45) is 0 Å². The maximum absolute atomic E-state index is 12.1.